The van der Waals surface area contributed by atoms with Gasteiger partial charge in [-0.2, -0.15) is 0 Å². The Morgan fingerprint density at radius 3 is 2.69 bits per heavy atom. The highest BCUT2D eigenvalue weighted by atomic mass is 16.5. The second kappa shape index (κ2) is 8.52. The Labute approximate surface area is 156 Å². The quantitative estimate of drug-likeness (QED) is 0.833. The minimum Gasteiger partial charge on any atom is -0.393 e. The Bertz CT molecular complexity index is 740. The SMILES string of the molecule is CNc1ccc(C)c(-c2cc(CC[C@@H](C)O)nc(N3CCOCC3)c2)c1. The van der Waals surface area contributed by atoms with E-state index in [-0.39, 0.29) is 6.10 Å². The van der Waals surface area contributed by atoms with E-state index in [2.05, 4.69) is 47.5 Å². The van der Waals surface area contributed by atoms with Crippen molar-refractivity contribution in [1.82, 2.24) is 4.98 Å². The van der Waals surface area contributed by atoms with E-state index in [4.69, 9.17) is 9.72 Å². The second-order valence-electron chi connectivity index (χ2n) is 6.97. The van der Waals surface area contributed by atoms with Gasteiger partial charge in [-0.15, -0.1) is 0 Å². The third-order valence-corrected chi connectivity index (χ3v) is 4.86. The van der Waals surface area contributed by atoms with Crippen LogP contribution in [0.2, 0.25) is 0 Å². The summed E-state index contributed by atoms with van der Waals surface area (Å²) in [6.45, 7) is 7.17. The third-order valence-electron chi connectivity index (χ3n) is 4.86. The molecule has 0 saturated carbocycles. The number of aliphatic hydroxyl groups is 1. The molecule has 26 heavy (non-hydrogen) atoms. The minimum atomic E-state index is -0.318. The van der Waals surface area contributed by atoms with E-state index in [1.165, 1.54) is 16.7 Å². The van der Waals surface area contributed by atoms with Crippen LogP contribution in [0.3, 0.4) is 0 Å². The predicted molar refractivity (Wildman–Crippen MR) is 107 cm³/mol. The summed E-state index contributed by atoms with van der Waals surface area (Å²) in [4.78, 5) is 7.16. The summed E-state index contributed by atoms with van der Waals surface area (Å²) in [6.07, 6.45) is 1.17. The molecule has 140 valence electrons. The number of aryl methyl sites for hydroxylation is 2. The molecule has 0 aliphatic carbocycles. The zero-order valence-electron chi connectivity index (χ0n) is 16.0. The molecule has 2 aromatic rings. The Kier molecular flexibility index (Phi) is 6.12. The lowest BCUT2D eigenvalue weighted by Crippen LogP contribution is -2.36. The van der Waals surface area contributed by atoms with E-state index < -0.39 is 0 Å². The Morgan fingerprint density at radius 2 is 2.00 bits per heavy atom. The van der Waals surface area contributed by atoms with Crippen LogP contribution in [0.5, 0.6) is 0 Å². The molecule has 5 heteroatoms. The molecule has 0 bridgehead atoms. The molecular weight excluding hydrogens is 326 g/mol. The Morgan fingerprint density at radius 1 is 1.23 bits per heavy atom. The van der Waals surface area contributed by atoms with E-state index in [0.29, 0.717) is 6.42 Å². The summed E-state index contributed by atoms with van der Waals surface area (Å²) in [5.74, 6) is 1.00. The highest BCUT2D eigenvalue weighted by Gasteiger charge is 2.16. The van der Waals surface area contributed by atoms with Crippen molar-refractivity contribution in [2.75, 3.05) is 43.6 Å². The van der Waals surface area contributed by atoms with Crippen molar-refractivity contribution in [2.45, 2.75) is 32.8 Å². The molecule has 0 radical (unpaired) electrons. The van der Waals surface area contributed by atoms with Gasteiger partial charge in [-0.05, 0) is 67.6 Å². The van der Waals surface area contributed by atoms with Crippen LogP contribution >= 0.6 is 0 Å². The van der Waals surface area contributed by atoms with Crippen molar-refractivity contribution in [3.05, 3.63) is 41.6 Å². The first-order chi connectivity index (χ1) is 12.6. The molecule has 2 N–H and O–H groups in total. The lowest BCUT2D eigenvalue weighted by molar-refractivity contribution is 0.122. The monoisotopic (exact) mass is 355 g/mol. The number of morpholine rings is 1. The number of benzene rings is 1. The number of pyridine rings is 1. The van der Waals surface area contributed by atoms with Gasteiger partial charge in [0, 0.05) is 31.5 Å². The zero-order chi connectivity index (χ0) is 18.5. The van der Waals surface area contributed by atoms with Gasteiger partial charge >= 0.3 is 0 Å². The van der Waals surface area contributed by atoms with Crippen molar-refractivity contribution in [3.8, 4) is 11.1 Å². The van der Waals surface area contributed by atoms with E-state index in [0.717, 1.165) is 49.9 Å². The maximum atomic E-state index is 9.67. The van der Waals surface area contributed by atoms with Crippen molar-refractivity contribution < 1.29 is 9.84 Å². The third kappa shape index (κ3) is 4.54. The van der Waals surface area contributed by atoms with Gasteiger partial charge in [0.2, 0.25) is 0 Å². The fourth-order valence-corrected chi connectivity index (χ4v) is 3.26. The normalized spacial score (nSPS) is 15.8. The Balaban J connectivity index is 2.01. The van der Waals surface area contributed by atoms with Gasteiger partial charge in [-0.25, -0.2) is 4.98 Å². The van der Waals surface area contributed by atoms with E-state index >= 15 is 0 Å². The van der Waals surface area contributed by atoms with E-state index in [1.807, 2.05) is 14.0 Å². The topological polar surface area (TPSA) is 57.6 Å². The average Bonchev–Trinajstić information content (AvgIpc) is 2.67. The molecule has 1 fully saturated rings. The van der Waals surface area contributed by atoms with Crippen molar-refractivity contribution >= 4 is 11.5 Å². The number of ether oxygens (including phenoxy) is 1. The van der Waals surface area contributed by atoms with Crippen LogP contribution in [0.25, 0.3) is 11.1 Å². The summed E-state index contributed by atoms with van der Waals surface area (Å²) in [5.41, 5.74) is 5.76. The molecule has 1 saturated heterocycles. The van der Waals surface area contributed by atoms with Crippen LogP contribution in [0.1, 0.15) is 24.6 Å². The second-order valence-corrected chi connectivity index (χ2v) is 6.97. The van der Waals surface area contributed by atoms with Crippen LogP contribution in [0, 0.1) is 6.92 Å². The van der Waals surface area contributed by atoms with Gasteiger partial charge in [0.05, 0.1) is 19.3 Å². The molecule has 1 aliphatic rings. The van der Waals surface area contributed by atoms with Crippen LogP contribution < -0.4 is 10.2 Å². The lowest BCUT2D eigenvalue weighted by Gasteiger charge is -2.28. The maximum absolute atomic E-state index is 9.67. The fraction of sp³-hybridized carbons (Fsp3) is 0.476. The lowest BCUT2D eigenvalue weighted by atomic mass is 9.98. The maximum Gasteiger partial charge on any atom is 0.129 e. The summed E-state index contributed by atoms with van der Waals surface area (Å²) < 4.78 is 5.48. The van der Waals surface area contributed by atoms with Crippen molar-refractivity contribution in [2.24, 2.45) is 0 Å². The summed E-state index contributed by atoms with van der Waals surface area (Å²) in [6, 6.07) is 10.8. The zero-order valence-corrected chi connectivity index (χ0v) is 16.0. The highest BCUT2D eigenvalue weighted by Crippen LogP contribution is 2.30. The van der Waals surface area contributed by atoms with Gasteiger partial charge < -0.3 is 20.1 Å². The standard InChI is InChI=1S/C21H29N3O2/c1-15-4-6-18(22-3)14-20(15)17-12-19(7-5-16(2)25)23-21(13-17)24-8-10-26-11-9-24/h4,6,12-14,16,22,25H,5,7-11H2,1-3H3/t16-/m1/s1. The van der Waals surface area contributed by atoms with Gasteiger partial charge in [-0.3, -0.25) is 0 Å². The molecule has 0 amide bonds. The molecule has 0 unspecified atom stereocenters. The summed E-state index contributed by atoms with van der Waals surface area (Å²) >= 11 is 0. The number of hydrogen-bond acceptors (Lipinski definition) is 5. The van der Waals surface area contributed by atoms with E-state index in [9.17, 15) is 5.11 Å². The number of nitrogens with one attached hydrogen (secondary N) is 1. The number of rotatable bonds is 6. The van der Waals surface area contributed by atoms with Gasteiger partial charge in [-0.1, -0.05) is 6.07 Å². The van der Waals surface area contributed by atoms with Gasteiger partial charge in [0.25, 0.3) is 0 Å². The average molecular weight is 355 g/mol. The first kappa shape index (κ1) is 18.7. The van der Waals surface area contributed by atoms with Crippen LogP contribution in [-0.2, 0) is 11.2 Å². The number of hydrogen-bond donors (Lipinski definition) is 2. The molecule has 1 aliphatic heterocycles. The van der Waals surface area contributed by atoms with E-state index in [1.54, 1.807) is 0 Å². The minimum absolute atomic E-state index is 0.318. The molecule has 1 aromatic heterocycles. The van der Waals surface area contributed by atoms with Crippen LogP contribution in [0.15, 0.2) is 30.3 Å². The van der Waals surface area contributed by atoms with Gasteiger partial charge in [0.1, 0.15) is 5.82 Å². The molecule has 1 atom stereocenters. The summed E-state index contributed by atoms with van der Waals surface area (Å²) in [7, 11) is 1.94. The molecule has 0 spiro atoms. The van der Waals surface area contributed by atoms with Crippen molar-refractivity contribution in [1.29, 1.82) is 0 Å². The molecular formula is C21H29N3O2. The van der Waals surface area contributed by atoms with Crippen LogP contribution in [0.4, 0.5) is 11.5 Å². The van der Waals surface area contributed by atoms with Gasteiger partial charge in [0.15, 0.2) is 0 Å². The fourth-order valence-electron chi connectivity index (χ4n) is 3.26. The number of anilines is 2. The first-order valence-electron chi connectivity index (χ1n) is 9.37. The molecule has 1 aromatic carbocycles. The number of aliphatic hydroxyl groups excluding tert-OH is 1. The highest BCUT2D eigenvalue weighted by molar-refractivity contribution is 5.74. The summed E-state index contributed by atoms with van der Waals surface area (Å²) in [5, 5.41) is 12.9. The number of nitrogens with zero attached hydrogens (tertiary/aromatic N) is 2. The Hall–Kier alpha value is -2.11. The smallest absolute Gasteiger partial charge is 0.129 e. The molecule has 5 nitrogen and oxygen atoms in total. The molecule has 2 heterocycles. The molecule has 3 rings (SSSR count). The number of aromatic nitrogens is 1. The first-order valence-corrected chi connectivity index (χ1v) is 9.37. The van der Waals surface area contributed by atoms with Crippen molar-refractivity contribution in [3.63, 3.8) is 0 Å². The van der Waals surface area contributed by atoms with Crippen LogP contribution in [-0.4, -0.2) is 49.5 Å². The predicted octanol–water partition coefficient (Wildman–Crippen LogP) is 3.25. The largest absolute Gasteiger partial charge is 0.393 e.